The van der Waals surface area contributed by atoms with Crippen molar-refractivity contribution in [1.29, 1.82) is 0 Å². The lowest BCUT2D eigenvalue weighted by Gasteiger charge is -2.23. The Hall–Kier alpha value is -1.29. The molecule has 18 heavy (non-hydrogen) atoms. The predicted octanol–water partition coefficient (Wildman–Crippen LogP) is -0.582. The second-order valence-electron chi connectivity index (χ2n) is 3.71. The maximum absolute atomic E-state index is 12.2. The lowest BCUT2D eigenvalue weighted by atomic mass is 10.4. The third kappa shape index (κ3) is 3.13. The lowest BCUT2D eigenvalue weighted by molar-refractivity contribution is 0.149. The van der Waals surface area contributed by atoms with Crippen molar-refractivity contribution in [2.75, 3.05) is 26.2 Å². The highest BCUT2D eigenvalue weighted by Crippen LogP contribution is 2.15. The molecule has 1 heterocycles. The van der Waals surface area contributed by atoms with E-state index in [1.54, 1.807) is 6.92 Å². The van der Waals surface area contributed by atoms with Gasteiger partial charge in [0.15, 0.2) is 0 Å². The highest BCUT2D eigenvalue weighted by Gasteiger charge is 2.25. The van der Waals surface area contributed by atoms with Gasteiger partial charge in [-0.15, -0.1) is 0 Å². The SMILES string of the molecule is COCC(C)N(C)S(=O)(=O)c1cnc(NN)nc1. The number of hydrazine groups is 1. The van der Waals surface area contributed by atoms with Gasteiger partial charge >= 0.3 is 0 Å². The van der Waals surface area contributed by atoms with Crippen LogP contribution in [0.2, 0.25) is 0 Å². The summed E-state index contributed by atoms with van der Waals surface area (Å²) >= 11 is 0. The van der Waals surface area contributed by atoms with Crippen molar-refractivity contribution in [2.24, 2.45) is 5.84 Å². The van der Waals surface area contributed by atoms with Crippen LogP contribution in [0.25, 0.3) is 0 Å². The summed E-state index contributed by atoms with van der Waals surface area (Å²) in [5.74, 6) is 5.26. The lowest BCUT2D eigenvalue weighted by Crippen LogP contribution is -2.37. The van der Waals surface area contributed by atoms with Crippen LogP contribution in [0.4, 0.5) is 5.95 Å². The van der Waals surface area contributed by atoms with Gasteiger partial charge in [-0.05, 0) is 6.92 Å². The van der Waals surface area contributed by atoms with Crippen molar-refractivity contribution in [3.63, 3.8) is 0 Å². The average Bonchev–Trinajstić information content (AvgIpc) is 2.38. The van der Waals surface area contributed by atoms with Crippen LogP contribution in [-0.2, 0) is 14.8 Å². The number of nitrogen functional groups attached to an aromatic ring is 1. The summed E-state index contributed by atoms with van der Waals surface area (Å²) in [7, 11) is -0.630. The van der Waals surface area contributed by atoms with Crippen LogP contribution in [0, 0.1) is 0 Å². The summed E-state index contributed by atoms with van der Waals surface area (Å²) in [6.45, 7) is 2.05. The molecule has 1 unspecified atom stereocenters. The van der Waals surface area contributed by atoms with E-state index in [1.807, 2.05) is 0 Å². The third-order valence-electron chi connectivity index (χ3n) is 2.46. The number of aromatic nitrogens is 2. The van der Waals surface area contributed by atoms with E-state index in [1.165, 1.54) is 30.9 Å². The molecule has 0 fully saturated rings. The van der Waals surface area contributed by atoms with Crippen LogP contribution < -0.4 is 11.3 Å². The number of hydrogen-bond acceptors (Lipinski definition) is 7. The van der Waals surface area contributed by atoms with Crippen LogP contribution in [0.15, 0.2) is 17.3 Å². The fraction of sp³-hybridized carbons (Fsp3) is 0.556. The van der Waals surface area contributed by atoms with E-state index >= 15 is 0 Å². The molecular formula is C9H17N5O3S. The van der Waals surface area contributed by atoms with Gasteiger partial charge in [0.2, 0.25) is 16.0 Å². The molecule has 0 amide bonds. The summed E-state index contributed by atoms with van der Waals surface area (Å²) in [6, 6.07) is -0.285. The maximum atomic E-state index is 12.2. The largest absolute Gasteiger partial charge is 0.383 e. The van der Waals surface area contributed by atoms with Gasteiger partial charge < -0.3 is 4.74 Å². The Bertz CT molecular complexity index is 475. The summed E-state index contributed by atoms with van der Waals surface area (Å²) in [5.41, 5.74) is 2.23. The molecule has 1 rings (SSSR count). The van der Waals surface area contributed by atoms with Crippen molar-refractivity contribution in [3.8, 4) is 0 Å². The molecule has 0 saturated carbocycles. The van der Waals surface area contributed by atoms with Crippen molar-refractivity contribution >= 4 is 16.0 Å². The fourth-order valence-corrected chi connectivity index (χ4v) is 2.51. The number of sulfonamides is 1. The minimum absolute atomic E-state index is 0.00644. The van der Waals surface area contributed by atoms with Crippen molar-refractivity contribution < 1.29 is 13.2 Å². The van der Waals surface area contributed by atoms with Crippen LogP contribution in [0.1, 0.15) is 6.92 Å². The number of nitrogens with zero attached hydrogens (tertiary/aromatic N) is 3. The van der Waals surface area contributed by atoms with E-state index in [2.05, 4.69) is 15.4 Å². The molecule has 0 aliphatic carbocycles. The molecule has 102 valence electrons. The molecule has 0 spiro atoms. The minimum Gasteiger partial charge on any atom is -0.383 e. The second kappa shape index (κ2) is 6.05. The number of methoxy groups -OCH3 is 1. The average molecular weight is 275 g/mol. The first-order valence-corrected chi connectivity index (χ1v) is 6.63. The number of nitrogens with one attached hydrogen (secondary N) is 1. The van der Waals surface area contributed by atoms with Gasteiger partial charge in [0.1, 0.15) is 4.90 Å². The second-order valence-corrected chi connectivity index (χ2v) is 5.71. The van der Waals surface area contributed by atoms with E-state index in [0.29, 0.717) is 6.61 Å². The normalized spacial score (nSPS) is 13.6. The van der Waals surface area contributed by atoms with E-state index < -0.39 is 10.0 Å². The van der Waals surface area contributed by atoms with Crippen LogP contribution in [0.3, 0.4) is 0 Å². The van der Waals surface area contributed by atoms with Crippen LogP contribution >= 0.6 is 0 Å². The Labute approximate surface area is 106 Å². The van der Waals surface area contributed by atoms with Crippen LogP contribution in [-0.4, -0.2) is 49.5 Å². The number of ether oxygens (including phenoxy) is 1. The van der Waals surface area contributed by atoms with Gasteiger partial charge in [0.05, 0.1) is 19.0 Å². The van der Waals surface area contributed by atoms with Gasteiger partial charge in [0.25, 0.3) is 0 Å². The summed E-state index contributed by atoms with van der Waals surface area (Å²) in [5, 5.41) is 0. The van der Waals surface area contributed by atoms with Gasteiger partial charge in [-0.2, -0.15) is 4.31 Å². The zero-order valence-electron chi connectivity index (χ0n) is 10.5. The molecule has 1 aromatic rings. The van der Waals surface area contributed by atoms with Gasteiger partial charge in [-0.3, -0.25) is 5.43 Å². The van der Waals surface area contributed by atoms with Crippen molar-refractivity contribution in [2.45, 2.75) is 17.9 Å². The number of anilines is 1. The molecule has 3 N–H and O–H groups in total. The molecular weight excluding hydrogens is 258 g/mol. The first-order chi connectivity index (χ1) is 8.43. The monoisotopic (exact) mass is 275 g/mol. The van der Waals surface area contributed by atoms with E-state index in [4.69, 9.17) is 10.6 Å². The highest BCUT2D eigenvalue weighted by molar-refractivity contribution is 7.89. The van der Waals surface area contributed by atoms with E-state index in [9.17, 15) is 8.42 Å². The molecule has 0 radical (unpaired) electrons. The number of hydrogen-bond donors (Lipinski definition) is 2. The van der Waals surface area contributed by atoms with Gasteiger partial charge in [0, 0.05) is 20.2 Å². The predicted molar refractivity (Wildman–Crippen MR) is 66.1 cm³/mol. The summed E-state index contributed by atoms with van der Waals surface area (Å²) in [4.78, 5) is 7.54. The molecule has 0 aliphatic rings. The Morgan fingerprint density at radius 1 is 1.50 bits per heavy atom. The zero-order chi connectivity index (χ0) is 13.8. The molecule has 8 nitrogen and oxygen atoms in total. The highest BCUT2D eigenvalue weighted by atomic mass is 32.2. The summed E-state index contributed by atoms with van der Waals surface area (Å²) in [6.07, 6.45) is 2.40. The molecule has 0 aliphatic heterocycles. The number of nitrogens with two attached hydrogens (primary N) is 1. The van der Waals surface area contributed by atoms with Crippen LogP contribution in [0.5, 0.6) is 0 Å². The molecule has 0 bridgehead atoms. The van der Waals surface area contributed by atoms with Gasteiger partial charge in [-0.1, -0.05) is 0 Å². The van der Waals surface area contributed by atoms with Crippen molar-refractivity contribution in [3.05, 3.63) is 12.4 Å². The molecule has 0 aromatic carbocycles. The topological polar surface area (TPSA) is 110 Å². The van der Waals surface area contributed by atoms with Crippen molar-refractivity contribution in [1.82, 2.24) is 14.3 Å². The minimum atomic E-state index is -3.63. The number of rotatable bonds is 6. The smallest absolute Gasteiger partial charge is 0.246 e. The van der Waals surface area contributed by atoms with E-state index in [0.717, 1.165) is 0 Å². The Kier molecular flexibility index (Phi) is 4.96. The quantitative estimate of drug-likeness (QED) is 0.527. The zero-order valence-corrected chi connectivity index (χ0v) is 11.3. The standard InChI is InChI=1S/C9H17N5O3S/c1-7(6-17-3)14(2)18(15,16)8-4-11-9(13-10)12-5-8/h4-5,7H,6,10H2,1-3H3,(H,11,12,13). The molecule has 0 saturated heterocycles. The molecule has 1 atom stereocenters. The van der Waals surface area contributed by atoms with E-state index in [-0.39, 0.29) is 16.9 Å². The van der Waals surface area contributed by atoms with Gasteiger partial charge in [-0.25, -0.2) is 24.2 Å². The molecule has 1 aromatic heterocycles. The Morgan fingerprint density at radius 3 is 2.50 bits per heavy atom. The first-order valence-electron chi connectivity index (χ1n) is 5.19. The number of likely N-dealkylation sites (N-methyl/N-ethyl adjacent to an activating group) is 1. The maximum Gasteiger partial charge on any atom is 0.246 e. The Morgan fingerprint density at radius 2 is 2.06 bits per heavy atom. The Balaban J connectivity index is 2.97. The first kappa shape index (κ1) is 14.8. The fourth-order valence-electron chi connectivity index (χ4n) is 1.27. The summed E-state index contributed by atoms with van der Waals surface area (Å²) < 4.78 is 30.5. The molecule has 9 heteroatoms. The third-order valence-corrected chi connectivity index (χ3v) is 4.39.